The minimum Gasteiger partial charge on any atom is -0.390 e. The van der Waals surface area contributed by atoms with Gasteiger partial charge in [0.2, 0.25) is 0 Å². The number of β-amino-alcohol motifs (C(OH)–C–C–N with tert-alkyl or cyclic N) is 1. The number of nitrogens with zero attached hydrogens (tertiary/aromatic N) is 4. The highest BCUT2D eigenvalue weighted by molar-refractivity contribution is 5.97. The molecule has 25 heavy (non-hydrogen) atoms. The van der Waals surface area contributed by atoms with Crippen LogP contribution in [-0.4, -0.2) is 66.9 Å². The Kier molecular flexibility index (Phi) is 6.73. The maximum atomic E-state index is 10.3. The number of hydrogen-bond donors (Lipinski definition) is 2. The molecule has 0 saturated heterocycles. The Morgan fingerprint density at radius 1 is 1.44 bits per heavy atom. The third-order valence-electron chi connectivity index (χ3n) is 4.13. The van der Waals surface area contributed by atoms with Crippen LogP contribution in [0.1, 0.15) is 16.7 Å². The number of aliphatic hydroxyl groups is 1. The van der Waals surface area contributed by atoms with Gasteiger partial charge in [-0.3, -0.25) is 9.89 Å². The van der Waals surface area contributed by atoms with E-state index in [9.17, 15) is 5.11 Å². The highest BCUT2D eigenvalue weighted by atomic mass is 16.3. The summed E-state index contributed by atoms with van der Waals surface area (Å²) < 4.78 is 0. The summed E-state index contributed by atoms with van der Waals surface area (Å²) in [5, 5.41) is 10.3. The second-order valence-electron chi connectivity index (χ2n) is 6.79. The predicted octanol–water partition coefficient (Wildman–Crippen LogP) is 1.17. The second kappa shape index (κ2) is 8.78. The van der Waals surface area contributed by atoms with E-state index in [4.69, 9.17) is 5.73 Å². The summed E-state index contributed by atoms with van der Waals surface area (Å²) in [7, 11) is 3.73. The lowest BCUT2D eigenvalue weighted by Crippen LogP contribution is -2.38. The van der Waals surface area contributed by atoms with Crippen LogP contribution in [0.15, 0.2) is 40.5 Å². The topological polar surface area (TPSA) is 77.4 Å². The van der Waals surface area contributed by atoms with Crippen molar-refractivity contribution >= 4 is 12.2 Å². The van der Waals surface area contributed by atoms with Crippen molar-refractivity contribution < 1.29 is 5.11 Å². The fraction of sp³-hybridized carbons (Fsp3) is 0.474. The first kappa shape index (κ1) is 19.1. The first-order valence-electron chi connectivity index (χ1n) is 8.54. The maximum absolute atomic E-state index is 10.3. The van der Waals surface area contributed by atoms with Crippen LogP contribution < -0.4 is 5.73 Å². The molecule has 136 valence electrons. The lowest BCUT2D eigenvalue weighted by atomic mass is 9.97. The van der Waals surface area contributed by atoms with Crippen LogP contribution in [0, 0.1) is 6.92 Å². The number of rotatable bonds is 7. The number of aliphatic imine (C=N–C) groups is 2. The van der Waals surface area contributed by atoms with Crippen molar-refractivity contribution in [2.45, 2.75) is 26.0 Å². The normalized spacial score (nSPS) is 16.7. The highest BCUT2D eigenvalue weighted by Crippen LogP contribution is 2.20. The van der Waals surface area contributed by atoms with Gasteiger partial charge in [0.15, 0.2) is 0 Å². The van der Waals surface area contributed by atoms with E-state index in [-0.39, 0.29) is 12.4 Å². The zero-order valence-electron chi connectivity index (χ0n) is 15.4. The van der Waals surface area contributed by atoms with Gasteiger partial charge in [-0.2, -0.15) is 0 Å². The molecule has 0 amide bonds. The van der Waals surface area contributed by atoms with Crippen molar-refractivity contribution in [1.29, 1.82) is 0 Å². The van der Waals surface area contributed by atoms with Crippen molar-refractivity contribution in [3.8, 4) is 0 Å². The molecule has 1 unspecified atom stereocenters. The molecule has 2 rings (SSSR count). The van der Waals surface area contributed by atoms with Crippen LogP contribution in [0.4, 0.5) is 0 Å². The number of amidine groups is 1. The van der Waals surface area contributed by atoms with Gasteiger partial charge in [-0.25, -0.2) is 4.99 Å². The zero-order valence-corrected chi connectivity index (χ0v) is 15.4. The smallest absolute Gasteiger partial charge is 0.144 e. The van der Waals surface area contributed by atoms with E-state index in [2.05, 4.69) is 46.6 Å². The molecule has 1 aliphatic rings. The van der Waals surface area contributed by atoms with Crippen molar-refractivity contribution in [3.63, 3.8) is 0 Å². The molecule has 6 heteroatoms. The molecule has 1 atom stereocenters. The first-order valence-corrected chi connectivity index (χ1v) is 8.54. The van der Waals surface area contributed by atoms with Crippen LogP contribution in [0.25, 0.3) is 0 Å². The molecule has 3 N–H and O–H groups in total. The second-order valence-corrected chi connectivity index (χ2v) is 6.79. The van der Waals surface area contributed by atoms with Crippen LogP contribution in [0.3, 0.4) is 0 Å². The van der Waals surface area contributed by atoms with Gasteiger partial charge in [0.25, 0.3) is 0 Å². The Bertz CT molecular complexity index is 666. The van der Waals surface area contributed by atoms with Gasteiger partial charge in [0.05, 0.1) is 24.7 Å². The van der Waals surface area contributed by atoms with Gasteiger partial charge in [0, 0.05) is 33.7 Å². The molecule has 0 bridgehead atoms. The zero-order chi connectivity index (χ0) is 18.4. The van der Waals surface area contributed by atoms with Gasteiger partial charge < -0.3 is 15.7 Å². The lowest BCUT2D eigenvalue weighted by molar-refractivity contribution is 0.112. The summed E-state index contributed by atoms with van der Waals surface area (Å²) in [5.74, 6) is 0.261. The Balaban J connectivity index is 1.85. The Morgan fingerprint density at radius 2 is 2.20 bits per heavy atom. The van der Waals surface area contributed by atoms with Crippen molar-refractivity contribution in [1.82, 2.24) is 9.80 Å². The number of nitrogens with two attached hydrogens (primary N) is 1. The van der Waals surface area contributed by atoms with Gasteiger partial charge >= 0.3 is 0 Å². The molecule has 0 saturated carbocycles. The fourth-order valence-corrected chi connectivity index (χ4v) is 2.80. The van der Waals surface area contributed by atoms with Crippen molar-refractivity contribution in [3.05, 3.63) is 47.2 Å². The monoisotopic (exact) mass is 343 g/mol. The maximum Gasteiger partial charge on any atom is 0.144 e. The minimum absolute atomic E-state index is 0.250. The molecule has 0 radical (unpaired) electrons. The molecule has 0 fully saturated rings. The molecule has 6 nitrogen and oxygen atoms in total. The molecule has 1 heterocycles. The SMILES string of the molecule is C=C(N=CN(C)C)C(N)=NCC(O)CN1CCc2ccc(C)cc2C1. The van der Waals surface area contributed by atoms with E-state index in [1.807, 2.05) is 14.1 Å². The number of fused-ring (bicyclic) bond motifs is 1. The van der Waals surface area contributed by atoms with Gasteiger partial charge in [0.1, 0.15) is 5.84 Å². The molecular formula is C19H29N5O. The Morgan fingerprint density at radius 3 is 2.92 bits per heavy atom. The van der Waals surface area contributed by atoms with Crippen LogP contribution in [-0.2, 0) is 13.0 Å². The van der Waals surface area contributed by atoms with Crippen molar-refractivity contribution in [2.75, 3.05) is 33.7 Å². The summed E-state index contributed by atoms with van der Waals surface area (Å²) in [5.41, 5.74) is 10.3. The summed E-state index contributed by atoms with van der Waals surface area (Å²) in [6.45, 7) is 8.54. The van der Waals surface area contributed by atoms with E-state index < -0.39 is 6.10 Å². The molecule has 1 aromatic rings. The van der Waals surface area contributed by atoms with E-state index in [0.29, 0.717) is 12.2 Å². The number of aryl methyl sites for hydroxylation is 1. The largest absolute Gasteiger partial charge is 0.390 e. The van der Waals surface area contributed by atoms with Crippen LogP contribution >= 0.6 is 0 Å². The molecule has 1 aromatic carbocycles. The molecule has 0 aromatic heterocycles. The fourth-order valence-electron chi connectivity index (χ4n) is 2.80. The molecule has 0 spiro atoms. The van der Waals surface area contributed by atoms with Crippen LogP contribution in [0.5, 0.6) is 0 Å². The third kappa shape index (κ3) is 5.99. The standard InChI is InChI=1S/C19H29N5O/c1-14-5-6-16-7-8-24(11-17(16)9-14)12-18(25)10-21-19(20)15(2)22-13-23(3)4/h5-6,9,13,18,25H,2,7-8,10-12H2,1,3-4H3,(H2,20,21). The average molecular weight is 343 g/mol. The number of aliphatic hydroxyl groups excluding tert-OH is 1. The van der Waals surface area contributed by atoms with Gasteiger partial charge in [-0.05, 0) is 24.5 Å². The summed E-state index contributed by atoms with van der Waals surface area (Å²) in [6, 6.07) is 6.60. The molecule has 0 aliphatic carbocycles. The number of benzene rings is 1. The molecule has 1 aliphatic heterocycles. The summed E-state index contributed by atoms with van der Waals surface area (Å²) in [6.07, 6.45) is 2.08. The quantitative estimate of drug-likeness (QED) is 0.576. The number of hydrogen-bond acceptors (Lipinski definition) is 4. The average Bonchev–Trinajstić information content (AvgIpc) is 2.57. The van der Waals surface area contributed by atoms with Crippen LogP contribution in [0.2, 0.25) is 0 Å². The third-order valence-corrected chi connectivity index (χ3v) is 4.13. The van der Waals surface area contributed by atoms with Gasteiger partial charge in [-0.1, -0.05) is 30.3 Å². The Labute approximate surface area is 150 Å². The lowest BCUT2D eigenvalue weighted by Gasteiger charge is -2.30. The summed E-state index contributed by atoms with van der Waals surface area (Å²) >= 11 is 0. The Hall–Kier alpha value is -2.18. The predicted molar refractivity (Wildman–Crippen MR) is 104 cm³/mol. The van der Waals surface area contributed by atoms with E-state index in [1.165, 1.54) is 16.7 Å². The highest BCUT2D eigenvalue weighted by Gasteiger charge is 2.18. The summed E-state index contributed by atoms with van der Waals surface area (Å²) in [4.78, 5) is 12.4. The minimum atomic E-state index is -0.560. The van der Waals surface area contributed by atoms with Gasteiger partial charge in [-0.15, -0.1) is 0 Å². The van der Waals surface area contributed by atoms with Crippen molar-refractivity contribution in [2.24, 2.45) is 15.7 Å². The van der Waals surface area contributed by atoms with E-state index in [0.717, 1.165) is 19.5 Å². The molecular weight excluding hydrogens is 314 g/mol. The van der Waals surface area contributed by atoms with E-state index >= 15 is 0 Å². The first-order chi connectivity index (χ1) is 11.8. The van der Waals surface area contributed by atoms with E-state index in [1.54, 1.807) is 11.2 Å².